The van der Waals surface area contributed by atoms with Crippen molar-refractivity contribution in [2.75, 3.05) is 55.3 Å². The van der Waals surface area contributed by atoms with Crippen molar-refractivity contribution in [1.82, 2.24) is 24.8 Å². The highest BCUT2D eigenvalue weighted by Crippen LogP contribution is 2.38. The zero-order valence-electron chi connectivity index (χ0n) is 23.2. The van der Waals surface area contributed by atoms with Crippen molar-refractivity contribution < 1.29 is 22.6 Å². The second kappa shape index (κ2) is 12.4. The van der Waals surface area contributed by atoms with Gasteiger partial charge in [-0.3, -0.25) is 0 Å². The molecule has 5 heterocycles. The molecule has 0 saturated carbocycles. The third-order valence-electron chi connectivity index (χ3n) is 7.50. The molecule has 2 aliphatic rings. The molecule has 1 atom stereocenters. The number of pyridine rings is 2. The van der Waals surface area contributed by atoms with Crippen LogP contribution in [0.25, 0.3) is 11.3 Å². The molecule has 13 heteroatoms. The van der Waals surface area contributed by atoms with Crippen molar-refractivity contribution >= 4 is 23.3 Å². The molecule has 2 saturated heterocycles. The highest BCUT2D eigenvalue weighted by Gasteiger charge is 2.35. The Morgan fingerprint density at radius 2 is 1.83 bits per heavy atom. The Balaban J connectivity index is 1.36. The van der Waals surface area contributed by atoms with Crippen LogP contribution in [-0.2, 0) is 10.9 Å². The number of nitrogens with zero attached hydrogens (tertiary/aromatic N) is 6. The highest BCUT2D eigenvalue weighted by atomic mass is 19.4. The van der Waals surface area contributed by atoms with Gasteiger partial charge in [-0.1, -0.05) is 6.92 Å². The topological polar surface area (TPSA) is 115 Å². The number of likely N-dealkylation sites (tertiary alicyclic amines) is 1. The fraction of sp³-hybridized carbons (Fsp3) is 0.500. The van der Waals surface area contributed by atoms with E-state index < -0.39 is 11.7 Å². The Morgan fingerprint density at radius 3 is 2.49 bits per heavy atom. The number of alkyl halides is 3. The molecule has 10 nitrogen and oxygen atoms in total. The van der Waals surface area contributed by atoms with Crippen molar-refractivity contribution in [3.63, 3.8) is 0 Å². The predicted octanol–water partition coefficient (Wildman–Crippen LogP) is 4.76. The van der Waals surface area contributed by atoms with Crippen molar-refractivity contribution in [3.05, 3.63) is 42.2 Å². The van der Waals surface area contributed by atoms with Crippen LogP contribution in [0, 0.1) is 0 Å². The SMILES string of the molecule is CCC(C)N1CCC(Oc2ccc(Nc3cc(-c4cnc(N)cc4C(F)(F)F)nc(N4CCOCC4)n3)cn2)CC1. The first-order chi connectivity index (χ1) is 19.7. The molecule has 220 valence electrons. The van der Waals surface area contributed by atoms with Crippen LogP contribution in [-0.4, -0.2) is 76.4 Å². The second-order valence-electron chi connectivity index (χ2n) is 10.3. The molecule has 5 rings (SSSR count). The van der Waals surface area contributed by atoms with Gasteiger partial charge in [-0.15, -0.1) is 0 Å². The zero-order valence-corrected chi connectivity index (χ0v) is 23.2. The maximum atomic E-state index is 13.9. The summed E-state index contributed by atoms with van der Waals surface area (Å²) >= 11 is 0. The molecule has 3 aromatic heterocycles. The lowest BCUT2D eigenvalue weighted by Crippen LogP contribution is -2.42. The Bertz CT molecular complexity index is 1310. The summed E-state index contributed by atoms with van der Waals surface area (Å²) in [5.41, 5.74) is 5.15. The molecule has 0 spiro atoms. The molecule has 3 aromatic rings. The van der Waals surface area contributed by atoms with E-state index in [1.54, 1.807) is 18.3 Å². The summed E-state index contributed by atoms with van der Waals surface area (Å²) in [5, 5.41) is 3.16. The molecule has 1 unspecified atom stereocenters. The monoisotopic (exact) mass is 572 g/mol. The summed E-state index contributed by atoms with van der Waals surface area (Å²) in [6.45, 7) is 8.41. The number of aromatic nitrogens is 4. The Hall–Kier alpha value is -3.71. The van der Waals surface area contributed by atoms with E-state index in [9.17, 15) is 13.2 Å². The van der Waals surface area contributed by atoms with Crippen LogP contribution in [0.15, 0.2) is 36.7 Å². The first kappa shape index (κ1) is 28.8. The predicted molar refractivity (Wildman–Crippen MR) is 150 cm³/mol. The molecular weight excluding hydrogens is 537 g/mol. The maximum absolute atomic E-state index is 13.9. The number of hydrogen-bond donors (Lipinski definition) is 2. The molecular formula is C28H35F3N8O2. The summed E-state index contributed by atoms with van der Waals surface area (Å²) in [5.74, 6) is 0.901. The number of morpholine rings is 1. The number of halogens is 3. The summed E-state index contributed by atoms with van der Waals surface area (Å²) in [7, 11) is 0. The molecule has 41 heavy (non-hydrogen) atoms. The van der Waals surface area contributed by atoms with E-state index in [1.165, 1.54) is 6.07 Å². The summed E-state index contributed by atoms with van der Waals surface area (Å²) in [4.78, 5) is 21.8. The Kier molecular flexibility index (Phi) is 8.74. The van der Waals surface area contributed by atoms with Crippen LogP contribution in [0.4, 0.5) is 36.4 Å². The normalized spacial score (nSPS) is 17.8. The molecule has 0 aromatic carbocycles. The van der Waals surface area contributed by atoms with E-state index in [0.29, 0.717) is 49.7 Å². The molecule has 2 aliphatic heterocycles. The van der Waals surface area contributed by atoms with Crippen LogP contribution in [0.3, 0.4) is 0 Å². The molecule has 0 bridgehead atoms. The van der Waals surface area contributed by atoms with Gasteiger partial charge in [-0.2, -0.15) is 18.2 Å². The number of hydrogen-bond acceptors (Lipinski definition) is 10. The summed E-state index contributed by atoms with van der Waals surface area (Å²) in [6.07, 6.45) is 1.19. The van der Waals surface area contributed by atoms with E-state index in [-0.39, 0.29) is 29.1 Å². The van der Waals surface area contributed by atoms with Gasteiger partial charge in [0.25, 0.3) is 0 Å². The van der Waals surface area contributed by atoms with Gasteiger partial charge >= 0.3 is 6.18 Å². The number of ether oxygens (including phenoxy) is 2. The van der Waals surface area contributed by atoms with Crippen molar-refractivity contribution in [1.29, 1.82) is 0 Å². The van der Waals surface area contributed by atoms with Crippen LogP contribution >= 0.6 is 0 Å². The summed E-state index contributed by atoms with van der Waals surface area (Å²) in [6, 6.07) is 6.43. The largest absolute Gasteiger partial charge is 0.474 e. The van der Waals surface area contributed by atoms with E-state index in [4.69, 9.17) is 15.2 Å². The lowest BCUT2D eigenvalue weighted by molar-refractivity contribution is -0.137. The van der Waals surface area contributed by atoms with Gasteiger partial charge in [-0.05, 0) is 38.3 Å². The minimum Gasteiger partial charge on any atom is -0.474 e. The van der Waals surface area contributed by atoms with Crippen molar-refractivity contribution in [2.24, 2.45) is 0 Å². The van der Waals surface area contributed by atoms with Crippen LogP contribution < -0.4 is 20.7 Å². The molecule has 0 aliphatic carbocycles. The van der Waals surface area contributed by atoms with Crippen LogP contribution in [0.2, 0.25) is 0 Å². The van der Waals surface area contributed by atoms with Gasteiger partial charge in [0.05, 0.1) is 36.4 Å². The van der Waals surface area contributed by atoms with Gasteiger partial charge in [0, 0.05) is 56.1 Å². The first-order valence-electron chi connectivity index (χ1n) is 13.9. The fourth-order valence-electron chi connectivity index (χ4n) is 4.99. The number of piperidine rings is 1. The fourth-order valence-corrected chi connectivity index (χ4v) is 4.99. The lowest BCUT2D eigenvalue weighted by Gasteiger charge is -2.35. The average Bonchev–Trinajstić information content (AvgIpc) is 2.98. The quantitative estimate of drug-likeness (QED) is 0.392. The number of nitrogens with two attached hydrogens (primary N) is 1. The van der Waals surface area contributed by atoms with E-state index in [1.807, 2.05) is 4.90 Å². The van der Waals surface area contributed by atoms with Crippen LogP contribution in [0.5, 0.6) is 5.88 Å². The van der Waals surface area contributed by atoms with Gasteiger partial charge in [0.1, 0.15) is 17.7 Å². The average molecular weight is 573 g/mol. The molecule has 0 amide bonds. The number of nitrogen functional groups attached to an aromatic ring is 1. The standard InChI is InChI=1S/C28H35F3N8O2/c1-3-18(2)38-8-6-20(7-9-38)41-26-5-4-19(16-34-26)35-25-15-23(36-27(37-25)39-10-12-40-13-11-39)21-17-33-24(32)14-22(21)28(29,30)31/h4-5,14-18,20H,3,6-13H2,1-2H3,(H2,32,33)(H,35,36,37). The van der Waals surface area contributed by atoms with E-state index >= 15 is 0 Å². The summed E-state index contributed by atoms with van der Waals surface area (Å²) < 4.78 is 53.2. The number of nitrogens with one attached hydrogen (secondary N) is 1. The third-order valence-corrected chi connectivity index (χ3v) is 7.50. The number of rotatable bonds is 8. The highest BCUT2D eigenvalue weighted by molar-refractivity contribution is 5.71. The Labute approximate surface area is 237 Å². The number of anilines is 4. The molecule has 0 radical (unpaired) electrons. The molecule has 2 fully saturated rings. The molecule has 3 N–H and O–H groups in total. The minimum absolute atomic E-state index is 0.0699. The van der Waals surface area contributed by atoms with Gasteiger partial charge in [-0.25, -0.2) is 15.0 Å². The lowest BCUT2D eigenvalue weighted by atomic mass is 10.1. The smallest absolute Gasteiger partial charge is 0.417 e. The van der Waals surface area contributed by atoms with E-state index in [0.717, 1.165) is 44.6 Å². The van der Waals surface area contributed by atoms with Crippen LogP contribution in [0.1, 0.15) is 38.7 Å². The maximum Gasteiger partial charge on any atom is 0.417 e. The zero-order chi connectivity index (χ0) is 29.0. The van der Waals surface area contributed by atoms with Gasteiger partial charge in [0.2, 0.25) is 11.8 Å². The third kappa shape index (κ3) is 7.14. The Morgan fingerprint density at radius 1 is 1.07 bits per heavy atom. The minimum atomic E-state index is -4.64. The van der Waals surface area contributed by atoms with Gasteiger partial charge in [0.15, 0.2) is 0 Å². The second-order valence-corrected chi connectivity index (χ2v) is 10.3. The first-order valence-corrected chi connectivity index (χ1v) is 13.9. The van der Waals surface area contributed by atoms with Crippen molar-refractivity contribution in [3.8, 4) is 17.1 Å². The van der Waals surface area contributed by atoms with Gasteiger partial charge < -0.3 is 30.3 Å². The van der Waals surface area contributed by atoms with E-state index in [2.05, 4.69) is 44.0 Å². The van der Waals surface area contributed by atoms with Crippen molar-refractivity contribution in [2.45, 2.75) is 51.4 Å².